The molecule has 2 aliphatic heterocycles. The van der Waals surface area contributed by atoms with Gasteiger partial charge in [-0.1, -0.05) is 0 Å². The van der Waals surface area contributed by atoms with Gasteiger partial charge in [0.15, 0.2) is 11.5 Å². The van der Waals surface area contributed by atoms with Crippen LogP contribution in [-0.4, -0.2) is 69.9 Å². The first-order chi connectivity index (χ1) is 20.9. The number of aromatic nitrogens is 3. The number of hydrogen-bond acceptors (Lipinski definition) is 7. The Balaban J connectivity index is 1.11. The monoisotopic (exact) mass is 589 g/mol. The summed E-state index contributed by atoms with van der Waals surface area (Å²) in [6.45, 7) is 1.87. The Labute approximate surface area is 247 Å². The molecule has 2 aliphatic rings. The molecule has 4 aromatic rings. The molecule has 2 saturated heterocycles. The molecule has 0 spiro atoms. The number of hydrogen-bond donors (Lipinski definition) is 3. The van der Waals surface area contributed by atoms with Gasteiger partial charge in [-0.25, -0.2) is 9.97 Å². The van der Waals surface area contributed by atoms with Crippen LogP contribution in [0.3, 0.4) is 0 Å². The summed E-state index contributed by atoms with van der Waals surface area (Å²) in [4.78, 5) is 36.8. The van der Waals surface area contributed by atoms with Gasteiger partial charge in [-0.15, -0.1) is 0 Å². The van der Waals surface area contributed by atoms with Crippen LogP contribution in [0.1, 0.15) is 35.2 Å². The highest BCUT2D eigenvalue weighted by Gasteiger charge is 2.30. The average Bonchev–Trinajstić information content (AvgIpc) is 3.68. The number of benzene rings is 2. The lowest BCUT2D eigenvalue weighted by molar-refractivity contribution is -0.126. The van der Waals surface area contributed by atoms with Crippen molar-refractivity contribution in [3.05, 3.63) is 72.2 Å². The summed E-state index contributed by atoms with van der Waals surface area (Å²) in [6, 6.07) is 12.1. The number of amides is 2. The number of anilines is 2. The van der Waals surface area contributed by atoms with Crippen LogP contribution in [0.4, 0.5) is 20.3 Å². The number of fused-ring (bicyclic) bond motifs is 1. The predicted molar refractivity (Wildman–Crippen MR) is 158 cm³/mol. The molecule has 2 aromatic carbocycles. The molecule has 12 heteroatoms. The van der Waals surface area contributed by atoms with Gasteiger partial charge in [0.05, 0.1) is 11.9 Å². The molecule has 4 heterocycles. The van der Waals surface area contributed by atoms with Gasteiger partial charge in [0.2, 0.25) is 5.91 Å². The van der Waals surface area contributed by atoms with Crippen LogP contribution in [0, 0.1) is 12.8 Å². The zero-order chi connectivity index (χ0) is 29.9. The number of carbonyl (C=O) groups excluding carboxylic acids is 2. The van der Waals surface area contributed by atoms with Crippen LogP contribution in [0.2, 0.25) is 0 Å². The zero-order valence-corrected chi connectivity index (χ0v) is 23.7. The van der Waals surface area contributed by atoms with Crippen LogP contribution < -0.4 is 20.7 Å². The Hall–Kier alpha value is -4.58. The first-order valence-electron chi connectivity index (χ1n) is 14.4. The molecule has 10 nitrogen and oxygen atoms in total. The van der Waals surface area contributed by atoms with Crippen molar-refractivity contribution in [1.82, 2.24) is 29.9 Å². The number of halogens is 2. The predicted octanol–water partition coefficient (Wildman–Crippen LogP) is 4.38. The Kier molecular flexibility index (Phi) is 8.19. The highest BCUT2D eigenvalue weighted by molar-refractivity contribution is 5.96. The maximum Gasteiger partial charge on any atom is 0.387 e. The van der Waals surface area contributed by atoms with Crippen molar-refractivity contribution >= 4 is 29.0 Å². The lowest BCUT2D eigenvalue weighted by atomic mass is 9.94. The summed E-state index contributed by atoms with van der Waals surface area (Å²) in [5.74, 6) is 0.607. The molecule has 0 unspecified atom stereocenters. The Morgan fingerprint density at radius 2 is 1.86 bits per heavy atom. The van der Waals surface area contributed by atoms with Crippen molar-refractivity contribution in [2.45, 2.75) is 38.8 Å². The number of alkyl halides is 2. The van der Waals surface area contributed by atoms with E-state index in [1.165, 1.54) is 12.1 Å². The molecule has 6 rings (SSSR count). The number of nitrogens with one attached hydrogen (secondary N) is 3. The fourth-order valence-corrected chi connectivity index (χ4v) is 5.76. The molecule has 0 bridgehead atoms. The van der Waals surface area contributed by atoms with Gasteiger partial charge in [-0.2, -0.15) is 8.78 Å². The molecule has 0 aliphatic carbocycles. The molecule has 0 saturated carbocycles. The van der Waals surface area contributed by atoms with Crippen molar-refractivity contribution in [2.75, 3.05) is 31.5 Å². The molecular weight excluding hydrogens is 556 g/mol. The second-order valence-electron chi connectivity index (χ2n) is 10.9. The highest BCUT2D eigenvalue weighted by atomic mass is 19.3. The molecule has 224 valence electrons. The number of ether oxygens (including phenoxy) is 1. The summed E-state index contributed by atoms with van der Waals surface area (Å²) in [6.07, 6.45) is 7.39. The summed E-state index contributed by atoms with van der Waals surface area (Å²) in [5.41, 5.74) is 4.33. The molecule has 1 atom stereocenters. The fraction of sp³-hybridized carbons (Fsp3) is 0.355. The minimum absolute atomic E-state index is 0.0361. The first kappa shape index (κ1) is 28.5. The lowest BCUT2D eigenvalue weighted by Gasteiger charge is -2.32. The van der Waals surface area contributed by atoms with Crippen molar-refractivity contribution in [3.63, 3.8) is 0 Å². The third-order valence-electron chi connectivity index (χ3n) is 8.08. The van der Waals surface area contributed by atoms with Crippen molar-refractivity contribution < 1.29 is 23.1 Å². The maximum absolute atomic E-state index is 13.4. The van der Waals surface area contributed by atoms with Gasteiger partial charge < -0.3 is 25.6 Å². The zero-order valence-electron chi connectivity index (χ0n) is 23.7. The Morgan fingerprint density at radius 1 is 1.07 bits per heavy atom. The van der Waals surface area contributed by atoms with E-state index in [4.69, 9.17) is 0 Å². The van der Waals surface area contributed by atoms with Crippen LogP contribution in [0.5, 0.6) is 5.75 Å². The molecule has 2 amide bonds. The van der Waals surface area contributed by atoms with Gasteiger partial charge in [0.1, 0.15) is 5.75 Å². The molecule has 2 aromatic heterocycles. The largest absolute Gasteiger partial charge is 0.435 e. The van der Waals surface area contributed by atoms with Crippen LogP contribution in [0.25, 0.3) is 16.9 Å². The van der Waals surface area contributed by atoms with E-state index in [1.54, 1.807) is 30.7 Å². The summed E-state index contributed by atoms with van der Waals surface area (Å²) < 4.78 is 31.3. The molecule has 43 heavy (non-hydrogen) atoms. The van der Waals surface area contributed by atoms with Crippen molar-refractivity contribution in [2.24, 2.45) is 5.92 Å². The topological polar surface area (TPSA) is 113 Å². The molecule has 0 radical (unpaired) electrons. The lowest BCUT2D eigenvalue weighted by Crippen LogP contribution is -2.45. The maximum atomic E-state index is 13.4. The number of carbonyl (C=O) groups is 2. The van der Waals surface area contributed by atoms with Gasteiger partial charge >= 0.3 is 6.61 Å². The minimum atomic E-state index is -2.88. The fourth-order valence-electron chi connectivity index (χ4n) is 5.76. The normalized spacial score (nSPS) is 17.4. The van der Waals surface area contributed by atoms with E-state index in [-0.39, 0.29) is 29.5 Å². The smallest absolute Gasteiger partial charge is 0.387 e. The molecule has 3 N–H and O–H groups in total. The van der Waals surface area contributed by atoms with Crippen LogP contribution >= 0.6 is 0 Å². The number of piperidine rings is 1. The third-order valence-corrected chi connectivity index (χ3v) is 8.08. The number of likely N-dealkylation sites (tertiary alicyclic amines) is 1. The van der Waals surface area contributed by atoms with E-state index in [9.17, 15) is 18.4 Å². The SMILES string of the molecule is Cc1cc(Nc2nccn3c(-c4ccc(OC(F)F)cc4)cnc23)ccc1C(=O)N1CCC(C(=O)N[C@@H]2CCNC2)CC1. The quantitative estimate of drug-likeness (QED) is 0.280. The molecule has 2 fully saturated rings. The van der Waals surface area contributed by atoms with Gasteiger partial charge in [0, 0.05) is 60.8 Å². The minimum Gasteiger partial charge on any atom is -0.435 e. The summed E-state index contributed by atoms with van der Waals surface area (Å²) >= 11 is 0. The van der Waals surface area contributed by atoms with Crippen LogP contribution in [0.15, 0.2) is 61.1 Å². The van der Waals surface area contributed by atoms with E-state index in [2.05, 4.69) is 30.7 Å². The van der Waals surface area contributed by atoms with Gasteiger partial charge in [0.25, 0.3) is 5.91 Å². The first-order valence-corrected chi connectivity index (χ1v) is 14.4. The molecular formula is C31H33F2N7O3. The average molecular weight is 590 g/mol. The number of imidazole rings is 1. The Morgan fingerprint density at radius 3 is 2.56 bits per heavy atom. The number of rotatable bonds is 8. The third kappa shape index (κ3) is 6.29. The van der Waals surface area contributed by atoms with E-state index in [0.29, 0.717) is 43.0 Å². The second-order valence-corrected chi connectivity index (χ2v) is 10.9. The van der Waals surface area contributed by atoms with E-state index >= 15 is 0 Å². The highest BCUT2D eigenvalue weighted by Crippen LogP contribution is 2.28. The standard InChI is InChI=1S/C31H33F2N7O3/c1-19-16-22(4-7-25(19)30(42)39-13-9-21(10-14-39)29(41)38-23-8-11-34-17-23)37-27-28-36-18-26(40(28)15-12-35-27)20-2-5-24(6-3-20)43-31(32)33/h2-7,12,15-16,18,21,23,31,34H,8-11,13-14,17H2,1H3,(H,35,37)(H,38,41)/t23-/m1/s1. The number of aryl methyl sites for hydroxylation is 1. The summed E-state index contributed by atoms with van der Waals surface area (Å²) in [7, 11) is 0. The van der Waals surface area contributed by atoms with Crippen molar-refractivity contribution in [3.8, 4) is 17.0 Å². The number of nitrogens with zero attached hydrogens (tertiary/aromatic N) is 4. The second kappa shape index (κ2) is 12.3. The van der Waals surface area contributed by atoms with Crippen LogP contribution in [-0.2, 0) is 4.79 Å². The van der Waals surface area contributed by atoms with E-state index in [1.807, 2.05) is 34.4 Å². The van der Waals surface area contributed by atoms with E-state index < -0.39 is 6.61 Å². The Bertz CT molecular complexity index is 1610. The van der Waals surface area contributed by atoms with Crippen molar-refractivity contribution in [1.29, 1.82) is 0 Å². The van der Waals surface area contributed by atoms with Gasteiger partial charge in [-0.05, 0) is 80.8 Å². The van der Waals surface area contributed by atoms with E-state index in [0.717, 1.165) is 42.0 Å². The van der Waals surface area contributed by atoms with Gasteiger partial charge in [-0.3, -0.25) is 14.0 Å². The summed E-state index contributed by atoms with van der Waals surface area (Å²) in [5, 5.41) is 9.71.